The maximum atomic E-state index is 12.0. The maximum Gasteiger partial charge on any atom is 0.315 e. The van der Waals surface area contributed by atoms with Crippen LogP contribution in [0.25, 0.3) is 0 Å². The molecule has 0 radical (unpaired) electrons. The van der Waals surface area contributed by atoms with Crippen molar-refractivity contribution in [2.24, 2.45) is 5.41 Å². The minimum atomic E-state index is -1.05. The highest BCUT2D eigenvalue weighted by Gasteiger charge is 2.47. The Morgan fingerprint density at radius 2 is 1.95 bits per heavy atom. The number of amides is 2. The monoisotopic (exact) mass is 285 g/mol. The van der Waals surface area contributed by atoms with E-state index in [9.17, 15) is 14.7 Å². The fraction of sp³-hybridized carbons (Fsp3) is 0.846. The Morgan fingerprint density at radius 3 is 2.55 bits per heavy atom. The zero-order valence-corrected chi connectivity index (χ0v) is 12.0. The molecular weight excluding hydrogens is 262 g/mol. The van der Waals surface area contributed by atoms with Crippen LogP contribution in [0.4, 0.5) is 4.79 Å². The van der Waals surface area contributed by atoms with Crippen LogP contribution in [0, 0.1) is 5.41 Å². The van der Waals surface area contributed by atoms with E-state index < -0.39 is 17.4 Å². The Hall–Kier alpha value is -1.34. The normalized spacial score (nSPS) is 32.0. The molecule has 20 heavy (non-hydrogen) atoms. The standard InChI is InChI=1S/C13H23N3O4/c1-13(11(17)18)8-20-7-10(13)15-12(19)14-9-3-5-16(2)6-4-9/h9-10H,3-8H2,1-2H3,(H,17,18)(H2,14,15,19). The molecule has 2 unspecified atom stereocenters. The third-order valence-corrected chi connectivity index (χ3v) is 4.30. The van der Waals surface area contributed by atoms with E-state index in [1.54, 1.807) is 6.92 Å². The molecule has 0 aromatic rings. The first-order chi connectivity index (χ1) is 9.41. The lowest BCUT2D eigenvalue weighted by Gasteiger charge is -2.31. The van der Waals surface area contributed by atoms with E-state index in [2.05, 4.69) is 22.6 Å². The minimum absolute atomic E-state index is 0.126. The van der Waals surface area contributed by atoms with Crippen molar-refractivity contribution in [2.45, 2.75) is 31.8 Å². The molecule has 2 aliphatic heterocycles. The predicted octanol–water partition coefficient (Wildman–Crippen LogP) is -0.130. The van der Waals surface area contributed by atoms with E-state index in [-0.39, 0.29) is 25.3 Å². The molecule has 2 atom stereocenters. The predicted molar refractivity (Wildman–Crippen MR) is 72.5 cm³/mol. The summed E-state index contributed by atoms with van der Waals surface area (Å²) in [6.07, 6.45) is 1.84. The lowest BCUT2D eigenvalue weighted by molar-refractivity contribution is -0.148. The van der Waals surface area contributed by atoms with Gasteiger partial charge in [-0.3, -0.25) is 4.79 Å². The molecule has 7 nitrogen and oxygen atoms in total. The molecule has 2 saturated heterocycles. The Kier molecular flexibility index (Phi) is 4.49. The smallest absolute Gasteiger partial charge is 0.315 e. The number of carboxylic acids is 1. The van der Waals surface area contributed by atoms with Gasteiger partial charge < -0.3 is 25.4 Å². The molecule has 2 amide bonds. The van der Waals surface area contributed by atoms with E-state index in [0.29, 0.717) is 0 Å². The molecular formula is C13H23N3O4. The van der Waals surface area contributed by atoms with Gasteiger partial charge in [-0.05, 0) is 39.9 Å². The zero-order chi connectivity index (χ0) is 14.8. The molecule has 2 rings (SSSR count). The molecule has 0 bridgehead atoms. The van der Waals surface area contributed by atoms with Gasteiger partial charge in [0.25, 0.3) is 0 Å². The summed E-state index contributed by atoms with van der Waals surface area (Å²) >= 11 is 0. The number of hydrogen-bond donors (Lipinski definition) is 3. The van der Waals surface area contributed by atoms with Gasteiger partial charge in [0.1, 0.15) is 5.41 Å². The van der Waals surface area contributed by atoms with Crippen molar-refractivity contribution in [1.82, 2.24) is 15.5 Å². The summed E-state index contributed by atoms with van der Waals surface area (Å²) in [4.78, 5) is 25.5. The van der Waals surface area contributed by atoms with Gasteiger partial charge >= 0.3 is 12.0 Å². The lowest BCUT2D eigenvalue weighted by atomic mass is 9.85. The summed E-state index contributed by atoms with van der Waals surface area (Å²) in [6.45, 7) is 3.89. The number of rotatable bonds is 3. The summed E-state index contributed by atoms with van der Waals surface area (Å²) in [6, 6.07) is -0.640. The number of carbonyl (C=O) groups is 2. The number of piperidine rings is 1. The van der Waals surface area contributed by atoms with Crippen LogP contribution >= 0.6 is 0 Å². The molecule has 0 aliphatic carbocycles. The molecule has 2 aliphatic rings. The SMILES string of the molecule is CN1CCC(NC(=O)NC2COCC2(C)C(=O)O)CC1. The van der Waals surface area contributed by atoms with Crippen LogP contribution in [-0.2, 0) is 9.53 Å². The number of nitrogens with one attached hydrogen (secondary N) is 2. The number of ether oxygens (including phenoxy) is 1. The highest BCUT2D eigenvalue weighted by atomic mass is 16.5. The molecule has 0 saturated carbocycles. The largest absolute Gasteiger partial charge is 0.481 e. The van der Waals surface area contributed by atoms with Crippen LogP contribution in [0.15, 0.2) is 0 Å². The van der Waals surface area contributed by atoms with Crippen LogP contribution in [0.5, 0.6) is 0 Å². The second-order valence-electron chi connectivity index (χ2n) is 5.99. The summed E-state index contributed by atoms with van der Waals surface area (Å²) < 4.78 is 5.21. The molecule has 0 aromatic carbocycles. The Morgan fingerprint density at radius 1 is 1.30 bits per heavy atom. The van der Waals surface area contributed by atoms with Gasteiger partial charge in [-0.1, -0.05) is 0 Å². The molecule has 114 valence electrons. The Bertz CT molecular complexity index is 382. The van der Waals surface area contributed by atoms with Crippen LogP contribution < -0.4 is 10.6 Å². The average Bonchev–Trinajstić information content (AvgIpc) is 2.75. The maximum absolute atomic E-state index is 12.0. The van der Waals surface area contributed by atoms with Crippen molar-refractivity contribution in [3.63, 3.8) is 0 Å². The topological polar surface area (TPSA) is 90.9 Å². The summed E-state index contributed by atoms with van der Waals surface area (Å²) in [7, 11) is 2.06. The van der Waals surface area contributed by atoms with E-state index >= 15 is 0 Å². The third kappa shape index (κ3) is 3.21. The van der Waals surface area contributed by atoms with Crippen molar-refractivity contribution >= 4 is 12.0 Å². The van der Waals surface area contributed by atoms with E-state index in [1.807, 2.05) is 0 Å². The van der Waals surface area contributed by atoms with Crippen molar-refractivity contribution in [3.05, 3.63) is 0 Å². The Labute approximate surface area is 118 Å². The number of likely N-dealkylation sites (tertiary alicyclic amines) is 1. The van der Waals surface area contributed by atoms with Crippen molar-refractivity contribution < 1.29 is 19.4 Å². The minimum Gasteiger partial charge on any atom is -0.481 e. The lowest BCUT2D eigenvalue weighted by Crippen LogP contribution is -2.55. The number of nitrogens with zero attached hydrogens (tertiary/aromatic N) is 1. The first-order valence-electron chi connectivity index (χ1n) is 6.98. The number of urea groups is 1. The molecule has 7 heteroatoms. The van der Waals surface area contributed by atoms with Gasteiger partial charge in [-0.15, -0.1) is 0 Å². The van der Waals surface area contributed by atoms with Crippen molar-refractivity contribution in [1.29, 1.82) is 0 Å². The van der Waals surface area contributed by atoms with Crippen LogP contribution in [0.1, 0.15) is 19.8 Å². The van der Waals surface area contributed by atoms with Crippen LogP contribution in [0.2, 0.25) is 0 Å². The van der Waals surface area contributed by atoms with Gasteiger partial charge in [-0.2, -0.15) is 0 Å². The van der Waals surface area contributed by atoms with E-state index in [4.69, 9.17) is 4.74 Å². The van der Waals surface area contributed by atoms with Crippen LogP contribution in [0.3, 0.4) is 0 Å². The van der Waals surface area contributed by atoms with Crippen molar-refractivity contribution in [2.75, 3.05) is 33.4 Å². The average molecular weight is 285 g/mol. The van der Waals surface area contributed by atoms with E-state index in [1.165, 1.54) is 0 Å². The first-order valence-corrected chi connectivity index (χ1v) is 6.98. The third-order valence-electron chi connectivity index (χ3n) is 4.30. The quantitative estimate of drug-likeness (QED) is 0.672. The summed E-state index contributed by atoms with van der Waals surface area (Å²) in [5, 5.41) is 14.9. The van der Waals surface area contributed by atoms with Crippen LogP contribution in [-0.4, -0.2) is 67.4 Å². The second kappa shape index (κ2) is 5.97. The summed E-state index contributed by atoms with van der Waals surface area (Å²) in [5.41, 5.74) is -1.05. The van der Waals surface area contributed by atoms with Gasteiger partial charge in [0, 0.05) is 6.04 Å². The number of carboxylic acid groups (broad SMARTS) is 1. The highest BCUT2D eigenvalue weighted by molar-refractivity contribution is 5.79. The van der Waals surface area contributed by atoms with Gasteiger partial charge in [0.15, 0.2) is 0 Å². The number of carbonyl (C=O) groups excluding carboxylic acids is 1. The number of aliphatic carboxylic acids is 1. The first kappa shape index (κ1) is 15.1. The van der Waals surface area contributed by atoms with Gasteiger partial charge in [0.05, 0.1) is 19.3 Å². The summed E-state index contributed by atoms with van der Waals surface area (Å²) in [5.74, 6) is -0.945. The molecule has 0 spiro atoms. The highest BCUT2D eigenvalue weighted by Crippen LogP contribution is 2.28. The van der Waals surface area contributed by atoms with Crippen molar-refractivity contribution in [3.8, 4) is 0 Å². The van der Waals surface area contributed by atoms with E-state index in [0.717, 1.165) is 25.9 Å². The number of hydrogen-bond acceptors (Lipinski definition) is 4. The molecule has 2 fully saturated rings. The fourth-order valence-electron chi connectivity index (χ4n) is 2.62. The second-order valence-corrected chi connectivity index (χ2v) is 5.99. The zero-order valence-electron chi connectivity index (χ0n) is 12.0. The molecule has 0 aromatic heterocycles. The fourth-order valence-corrected chi connectivity index (χ4v) is 2.62. The Balaban J connectivity index is 1.84. The molecule has 2 heterocycles. The van der Waals surface area contributed by atoms with Gasteiger partial charge in [0.2, 0.25) is 0 Å². The molecule has 3 N–H and O–H groups in total. The van der Waals surface area contributed by atoms with Gasteiger partial charge in [-0.25, -0.2) is 4.79 Å².